The lowest BCUT2D eigenvalue weighted by Gasteiger charge is -2.41. The molecule has 0 saturated heterocycles. The predicted molar refractivity (Wildman–Crippen MR) is 170 cm³/mol. The predicted octanol–water partition coefficient (Wildman–Crippen LogP) is 11.5. The SMILES string of the molecule is CC(C)(C)c1ccc(S(OS(=O)(=O)C(F)(F)C(F)(F)OC(F)(F)C(F)(F)F)(c2ccc(C(C)(C)C)cc2)c2ccc(C(C)(C)C)cc2)cc1. The van der Waals surface area contributed by atoms with Gasteiger partial charge in [-0.25, -0.2) is 8.37 Å². The number of hydrogen-bond acceptors (Lipinski definition) is 4. The number of ether oxygens (including phenoxy) is 1. The van der Waals surface area contributed by atoms with Gasteiger partial charge in [0.2, 0.25) is 0 Å². The summed E-state index contributed by atoms with van der Waals surface area (Å²) in [4.78, 5) is -0.259. The summed E-state index contributed by atoms with van der Waals surface area (Å²) in [6.45, 7) is 16.7. The normalized spacial score (nSPS) is 15.0. The molecule has 3 aromatic carbocycles. The standard InChI is InChI=1S/C34H39F9O4S2/c1-28(2,3)22-10-16-25(17-11-22)48(26-18-12-23(13-19-26)29(4,5)6,27-20-14-24(15-21-27)30(7,8)9)47-49(44,45)34(42,43)33(40,41)46-32(38,39)31(35,36)37/h10-21H,1-9H3. The Balaban J connectivity index is 2.44. The summed E-state index contributed by atoms with van der Waals surface area (Å²) in [5.74, 6) is 0. The van der Waals surface area contributed by atoms with E-state index in [1.807, 2.05) is 62.3 Å². The van der Waals surface area contributed by atoms with Gasteiger partial charge in [0, 0.05) is 14.7 Å². The van der Waals surface area contributed by atoms with Crippen molar-refractivity contribution in [3.63, 3.8) is 0 Å². The number of halogens is 9. The summed E-state index contributed by atoms with van der Waals surface area (Å²) in [6.07, 6.45) is -20.7. The van der Waals surface area contributed by atoms with Gasteiger partial charge in [0.05, 0.1) is 0 Å². The van der Waals surface area contributed by atoms with E-state index in [1.165, 1.54) is 36.4 Å². The van der Waals surface area contributed by atoms with Crippen molar-refractivity contribution in [2.45, 2.75) is 117 Å². The highest BCUT2D eigenvalue weighted by molar-refractivity contribution is 8.33. The van der Waals surface area contributed by atoms with Crippen LogP contribution < -0.4 is 0 Å². The van der Waals surface area contributed by atoms with Crippen LogP contribution in [0.2, 0.25) is 0 Å². The first-order chi connectivity index (χ1) is 21.8. The van der Waals surface area contributed by atoms with Crippen LogP contribution in [0.15, 0.2) is 87.5 Å². The van der Waals surface area contributed by atoms with E-state index >= 15 is 8.78 Å². The molecule has 4 nitrogen and oxygen atoms in total. The van der Waals surface area contributed by atoms with E-state index in [2.05, 4.69) is 4.74 Å². The minimum Gasteiger partial charge on any atom is -0.242 e. The van der Waals surface area contributed by atoms with Crippen LogP contribution in [-0.4, -0.2) is 32.1 Å². The fourth-order valence-corrected chi connectivity index (χ4v) is 9.63. The van der Waals surface area contributed by atoms with Gasteiger partial charge in [0.25, 0.3) is 0 Å². The topological polar surface area (TPSA) is 52.6 Å². The highest BCUT2D eigenvalue weighted by Gasteiger charge is 2.76. The molecule has 3 rings (SSSR count). The maximum Gasteiger partial charge on any atom is 0.483 e. The molecule has 0 spiro atoms. The van der Waals surface area contributed by atoms with Crippen LogP contribution in [0.1, 0.15) is 79.0 Å². The summed E-state index contributed by atoms with van der Waals surface area (Å²) in [5.41, 5.74) is 0.752. The molecule has 0 amide bonds. The number of rotatable bonds is 9. The molecule has 0 aliphatic rings. The van der Waals surface area contributed by atoms with Crippen LogP contribution in [0.25, 0.3) is 0 Å². The maximum atomic E-state index is 15.4. The van der Waals surface area contributed by atoms with Gasteiger partial charge >= 0.3 is 33.8 Å². The lowest BCUT2D eigenvalue weighted by atomic mass is 9.87. The molecule has 0 aliphatic heterocycles. The number of benzene rings is 3. The van der Waals surface area contributed by atoms with Crippen molar-refractivity contribution in [3.8, 4) is 0 Å². The van der Waals surface area contributed by atoms with E-state index in [0.717, 1.165) is 0 Å². The van der Waals surface area contributed by atoms with Crippen LogP contribution in [0.4, 0.5) is 39.5 Å². The van der Waals surface area contributed by atoms with E-state index in [1.54, 1.807) is 36.4 Å². The summed E-state index contributed by atoms with van der Waals surface area (Å²) < 4.78 is 159. The molecule has 274 valence electrons. The Labute approximate surface area is 282 Å². The van der Waals surface area contributed by atoms with Gasteiger partial charge in [-0.1, -0.05) is 98.7 Å². The lowest BCUT2D eigenvalue weighted by molar-refractivity contribution is -0.476. The zero-order chi connectivity index (χ0) is 37.9. The fourth-order valence-electron chi connectivity index (χ4n) is 4.57. The molecule has 0 saturated carbocycles. The molecule has 0 atom stereocenters. The quantitative estimate of drug-likeness (QED) is 0.205. The Bertz CT molecular complexity index is 1580. The molecule has 0 fully saturated rings. The Morgan fingerprint density at radius 2 is 0.714 bits per heavy atom. The van der Waals surface area contributed by atoms with Gasteiger partial charge in [-0.2, -0.15) is 47.9 Å². The molecule has 0 heterocycles. The van der Waals surface area contributed by atoms with Gasteiger partial charge in [0.1, 0.15) is 0 Å². The second kappa shape index (κ2) is 12.8. The first-order valence-corrected chi connectivity index (χ1v) is 17.8. The first-order valence-electron chi connectivity index (χ1n) is 14.8. The van der Waals surface area contributed by atoms with Crippen molar-refractivity contribution in [3.05, 3.63) is 89.5 Å². The van der Waals surface area contributed by atoms with Crippen LogP contribution in [0.5, 0.6) is 0 Å². The Hall–Kier alpha value is -2.75. The monoisotopic (exact) mass is 746 g/mol. The largest absolute Gasteiger partial charge is 0.483 e. The van der Waals surface area contributed by atoms with Gasteiger partial charge in [0.15, 0.2) is 0 Å². The summed E-state index contributed by atoms with van der Waals surface area (Å²) in [7, 11) is -11.2. The smallest absolute Gasteiger partial charge is 0.242 e. The average Bonchev–Trinajstić information content (AvgIpc) is 2.93. The molecule has 0 aliphatic carbocycles. The highest BCUT2D eigenvalue weighted by atomic mass is 32.3. The fraction of sp³-hybridized carbons (Fsp3) is 0.471. The number of alkyl halides is 9. The van der Waals surface area contributed by atoms with Crippen LogP contribution in [0.3, 0.4) is 0 Å². The van der Waals surface area contributed by atoms with Crippen molar-refractivity contribution in [1.29, 1.82) is 0 Å². The zero-order valence-electron chi connectivity index (χ0n) is 28.3. The number of hydrogen-bond donors (Lipinski definition) is 0. The van der Waals surface area contributed by atoms with Gasteiger partial charge in [-0.15, -0.1) is 0 Å². The molecule has 0 bridgehead atoms. The molecular weight excluding hydrogens is 707 g/mol. The minimum absolute atomic E-state index is 0.0863. The van der Waals surface area contributed by atoms with Crippen molar-refractivity contribution in [1.82, 2.24) is 0 Å². The zero-order valence-corrected chi connectivity index (χ0v) is 29.9. The van der Waals surface area contributed by atoms with Gasteiger partial charge in [-0.05, 0) is 79.6 Å². The van der Waals surface area contributed by atoms with Crippen LogP contribution >= 0.6 is 10.3 Å². The molecular formula is C34H39F9O4S2. The van der Waals surface area contributed by atoms with Crippen molar-refractivity contribution in [2.75, 3.05) is 0 Å². The van der Waals surface area contributed by atoms with Gasteiger partial charge in [-0.3, -0.25) is 0 Å². The van der Waals surface area contributed by atoms with Crippen molar-refractivity contribution >= 4 is 20.4 Å². The van der Waals surface area contributed by atoms with Crippen LogP contribution in [0, 0.1) is 0 Å². The third kappa shape index (κ3) is 8.10. The third-order valence-electron chi connectivity index (χ3n) is 7.59. The Morgan fingerprint density at radius 1 is 0.449 bits per heavy atom. The molecule has 0 unspecified atom stereocenters. The third-order valence-corrected chi connectivity index (χ3v) is 12.8. The van der Waals surface area contributed by atoms with E-state index in [-0.39, 0.29) is 14.7 Å². The maximum absolute atomic E-state index is 15.4. The Morgan fingerprint density at radius 3 is 0.939 bits per heavy atom. The van der Waals surface area contributed by atoms with Crippen LogP contribution in [-0.2, 0) is 34.7 Å². The highest BCUT2D eigenvalue weighted by Crippen LogP contribution is 2.71. The summed E-state index contributed by atoms with van der Waals surface area (Å²) in [6, 6.07) is 17.5. The van der Waals surface area contributed by atoms with Crippen molar-refractivity contribution < 1.29 is 56.3 Å². The van der Waals surface area contributed by atoms with E-state index in [0.29, 0.717) is 16.7 Å². The molecule has 0 radical (unpaired) electrons. The second-order valence-electron chi connectivity index (χ2n) is 14.6. The Kier molecular flexibility index (Phi) is 10.6. The van der Waals surface area contributed by atoms with E-state index in [9.17, 15) is 39.2 Å². The summed E-state index contributed by atoms with van der Waals surface area (Å²) >= 11 is 0. The molecule has 3 aromatic rings. The average molecular weight is 747 g/mol. The minimum atomic E-state index is -7.13. The molecule has 15 heteroatoms. The molecule has 49 heavy (non-hydrogen) atoms. The lowest BCUT2D eigenvalue weighted by Crippen LogP contribution is -2.55. The first kappa shape index (κ1) is 40.7. The molecule has 0 aromatic heterocycles. The van der Waals surface area contributed by atoms with E-state index in [4.69, 9.17) is 3.63 Å². The second-order valence-corrected chi connectivity index (χ2v) is 19.0. The van der Waals surface area contributed by atoms with Crippen molar-refractivity contribution in [2.24, 2.45) is 0 Å². The summed E-state index contributed by atoms with van der Waals surface area (Å²) in [5, 5.41) is -6.75. The molecule has 0 N–H and O–H groups in total. The van der Waals surface area contributed by atoms with E-state index < -0.39 is 60.3 Å². The van der Waals surface area contributed by atoms with Gasteiger partial charge < -0.3 is 0 Å².